The molecule has 0 saturated carbocycles. The van der Waals surface area contributed by atoms with Crippen molar-refractivity contribution in [3.63, 3.8) is 0 Å². The van der Waals surface area contributed by atoms with Crippen molar-refractivity contribution in [2.75, 3.05) is 11.5 Å². The second-order valence-electron chi connectivity index (χ2n) is 6.02. The van der Waals surface area contributed by atoms with Crippen LogP contribution in [-0.4, -0.2) is 12.5 Å². The maximum atomic E-state index is 13.8. The lowest BCUT2D eigenvalue weighted by molar-refractivity contribution is -0.119. The summed E-state index contributed by atoms with van der Waals surface area (Å²) >= 11 is 0. The minimum absolute atomic E-state index is 0.00427. The number of fused-ring (bicyclic) bond motifs is 3. The van der Waals surface area contributed by atoms with E-state index < -0.39 is 0 Å². The number of nitrogens with zero attached hydrogens (tertiary/aromatic N) is 1. The molecule has 2 aromatic rings. The van der Waals surface area contributed by atoms with Crippen LogP contribution in [0.3, 0.4) is 0 Å². The van der Waals surface area contributed by atoms with Gasteiger partial charge in [-0.2, -0.15) is 0 Å². The molecule has 0 radical (unpaired) electrons. The lowest BCUT2D eigenvalue weighted by Gasteiger charge is -2.42. The van der Waals surface area contributed by atoms with Crippen molar-refractivity contribution >= 4 is 11.6 Å². The summed E-state index contributed by atoms with van der Waals surface area (Å²) in [6.45, 7) is 2.44. The van der Waals surface area contributed by atoms with E-state index in [1.54, 1.807) is 17.2 Å². The SMILES string of the molecule is CCC(=O)N1c2ccc(F)cc2[C@H]2OCC[C@H]2[C@H]1c1ccco1. The lowest BCUT2D eigenvalue weighted by atomic mass is 9.81. The third-order valence-corrected chi connectivity index (χ3v) is 4.78. The van der Waals surface area contributed by atoms with Gasteiger partial charge in [0.05, 0.1) is 18.1 Å². The van der Waals surface area contributed by atoms with Gasteiger partial charge in [-0.15, -0.1) is 0 Å². The quantitative estimate of drug-likeness (QED) is 0.841. The molecule has 1 saturated heterocycles. The summed E-state index contributed by atoms with van der Waals surface area (Å²) in [5.74, 6) is 0.524. The fourth-order valence-electron chi connectivity index (χ4n) is 3.82. The van der Waals surface area contributed by atoms with Crippen LogP contribution >= 0.6 is 0 Å². The van der Waals surface area contributed by atoms with E-state index in [-0.39, 0.29) is 29.8 Å². The van der Waals surface area contributed by atoms with Crippen molar-refractivity contribution in [1.29, 1.82) is 0 Å². The van der Waals surface area contributed by atoms with Crippen LogP contribution in [0.1, 0.15) is 43.2 Å². The zero-order chi connectivity index (χ0) is 16.0. The number of ether oxygens (including phenoxy) is 1. The van der Waals surface area contributed by atoms with Crippen molar-refractivity contribution in [3.8, 4) is 0 Å². The Hall–Kier alpha value is -2.14. The van der Waals surface area contributed by atoms with Gasteiger partial charge in [0.15, 0.2) is 0 Å². The number of hydrogen-bond acceptors (Lipinski definition) is 3. The van der Waals surface area contributed by atoms with Crippen molar-refractivity contribution < 1.29 is 18.3 Å². The number of hydrogen-bond donors (Lipinski definition) is 0. The Labute approximate surface area is 133 Å². The van der Waals surface area contributed by atoms with E-state index in [2.05, 4.69) is 0 Å². The third-order valence-electron chi connectivity index (χ3n) is 4.78. The molecule has 0 N–H and O–H groups in total. The van der Waals surface area contributed by atoms with Gasteiger partial charge in [-0.3, -0.25) is 4.79 Å². The minimum atomic E-state index is -0.307. The summed E-state index contributed by atoms with van der Waals surface area (Å²) < 4.78 is 25.3. The highest BCUT2D eigenvalue weighted by molar-refractivity contribution is 5.95. The van der Waals surface area contributed by atoms with Crippen LogP contribution in [0, 0.1) is 11.7 Å². The average Bonchev–Trinajstić information content (AvgIpc) is 3.24. The smallest absolute Gasteiger partial charge is 0.227 e. The average molecular weight is 315 g/mol. The van der Waals surface area contributed by atoms with Gasteiger partial charge in [0.1, 0.15) is 17.6 Å². The lowest BCUT2D eigenvalue weighted by Crippen LogP contribution is -2.43. The van der Waals surface area contributed by atoms with Gasteiger partial charge in [-0.25, -0.2) is 4.39 Å². The number of carbonyl (C=O) groups is 1. The molecule has 0 unspecified atom stereocenters. The Morgan fingerprint density at radius 1 is 1.39 bits per heavy atom. The minimum Gasteiger partial charge on any atom is -0.467 e. The number of anilines is 1. The van der Waals surface area contributed by atoms with Gasteiger partial charge in [0.25, 0.3) is 0 Å². The van der Waals surface area contributed by atoms with Crippen molar-refractivity contribution in [2.45, 2.75) is 31.9 Å². The second-order valence-corrected chi connectivity index (χ2v) is 6.02. The van der Waals surface area contributed by atoms with Gasteiger partial charge in [0.2, 0.25) is 5.91 Å². The number of furan rings is 1. The monoisotopic (exact) mass is 315 g/mol. The molecule has 1 aromatic carbocycles. The van der Waals surface area contributed by atoms with E-state index in [0.29, 0.717) is 13.0 Å². The maximum Gasteiger partial charge on any atom is 0.227 e. The number of rotatable bonds is 2. The molecule has 23 heavy (non-hydrogen) atoms. The van der Waals surface area contributed by atoms with Gasteiger partial charge in [-0.05, 0) is 36.8 Å². The van der Waals surface area contributed by atoms with E-state index in [1.807, 2.05) is 19.1 Å². The van der Waals surface area contributed by atoms with E-state index in [0.717, 1.165) is 23.4 Å². The van der Waals surface area contributed by atoms with Crippen LogP contribution in [0.15, 0.2) is 41.0 Å². The van der Waals surface area contributed by atoms with Gasteiger partial charge < -0.3 is 14.1 Å². The molecule has 4 rings (SSSR count). The predicted molar refractivity (Wildman–Crippen MR) is 82.4 cm³/mol. The Bertz CT molecular complexity index is 728. The highest BCUT2D eigenvalue weighted by Crippen LogP contribution is 2.53. The molecule has 3 heterocycles. The first-order valence-electron chi connectivity index (χ1n) is 7.97. The van der Waals surface area contributed by atoms with Gasteiger partial charge in [-0.1, -0.05) is 6.92 Å². The molecule has 3 atom stereocenters. The topological polar surface area (TPSA) is 42.7 Å². The summed E-state index contributed by atoms with van der Waals surface area (Å²) in [5, 5.41) is 0. The molecule has 0 bridgehead atoms. The van der Waals surface area contributed by atoms with Crippen LogP contribution in [-0.2, 0) is 9.53 Å². The predicted octanol–water partition coefficient (Wildman–Crippen LogP) is 3.99. The summed E-state index contributed by atoms with van der Waals surface area (Å²) in [4.78, 5) is 14.4. The Balaban J connectivity index is 1.91. The summed E-state index contributed by atoms with van der Waals surface area (Å²) in [5.41, 5.74) is 1.49. The first kappa shape index (κ1) is 14.5. The number of halogens is 1. The molecular formula is C18H18FNO3. The van der Waals surface area contributed by atoms with E-state index in [1.165, 1.54) is 12.1 Å². The molecule has 4 nitrogen and oxygen atoms in total. The maximum absolute atomic E-state index is 13.8. The summed E-state index contributed by atoms with van der Waals surface area (Å²) in [6, 6.07) is 8.07. The van der Waals surface area contributed by atoms with E-state index >= 15 is 0 Å². The van der Waals surface area contributed by atoms with Crippen LogP contribution in [0.4, 0.5) is 10.1 Å². The molecule has 5 heteroatoms. The largest absolute Gasteiger partial charge is 0.467 e. The molecule has 0 spiro atoms. The highest BCUT2D eigenvalue weighted by Gasteiger charge is 2.48. The Morgan fingerprint density at radius 2 is 2.26 bits per heavy atom. The molecule has 2 aliphatic rings. The van der Waals surface area contributed by atoms with Crippen molar-refractivity contribution in [3.05, 3.63) is 53.7 Å². The van der Waals surface area contributed by atoms with Crippen LogP contribution in [0.25, 0.3) is 0 Å². The number of benzene rings is 1. The number of carbonyl (C=O) groups excluding carboxylic acids is 1. The van der Waals surface area contributed by atoms with Gasteiger partial charge >= 0.3 is 0 Å². The normalized spacial score (nSPS) is 26.0. The van der Waals surface area contributed by atoms with Crippen LogP contribution in [0.5, 0.6) is 0 Å². The van der Waals surface area contributed by atoms with Crippen LogP contribution < -0.4 is 4.90 Å². The number of amides is 1. The zero-order valence-electron chi connectivity index (χ0n) is 12.9. The Morgan fingerprint density at radius 3 is 3.00 bits per heavy atom. The summed E-state index contributed by atoms with van der Waals surface area (Å²) in [7, 11) is 0. The Kier molecular flexibility index (Phi) is 3.45. The highest BCUT2D eigenvalue weighted by atomic mass is 19.1. The molecular weight excluding hydrogens is 297 g/mol. The van der Waals surface area contributed by atoms with Gasteiger partial charge in [0, 0.05) is 24.5 Å². The first-order chi connectivity index (χ1) is 11.2. The first-order valence-corrected chi connectivity index (χ1v) is 7.97. The van der Waals surface area contributed by atoms with E-state index in [4.69, 9.17) is 9.15 Å². The molecule has 1 fully saturated rings. The van der Waals surface area contributed by atoms with E-state index in [9.17, 15) is 9.18 Å². The summed E-state index contributed by atoms with van der Waals surface area (Å²) in [6.07, 6.45) is 2.62. The molecule has 1 amide bonds. The zero-order valence-corrected chi connectivity index (χ0v) is 12.9. The van der Waals surface area contributed by atoms with Crippen LogP contribution in [0.2, 0.25) is 0 Å². The fraction of sp³-hybridized carbons (Fsp3) is 0.389. The molecule has 2 aliphatic heterocycles. The fourth-order valence-corrected chi connectivity index (χ4v) is 3.82. The molecule has 0 aliphatic carbocycles. The second kappa shape index (κ2) is 5.49. The van der Waals surface area contributed by atoms with Crippen molar-refractivity contribution in [1.82, 2.24) is 0 Å². The molecule has 120 valence electrons. The molecule has 1 aromatic heterocycles. The third kappa shape index (κ3) is 2.18. The standard InChI is InChI=1S/C18H18FNO3/c1-2-16(21)20-14-6-5-11(19)10-13(14)18-12(7-9-23-18)17(20)15-4-3-8-22-15/h3-6,8,10,12,17-18H,2,7,9H2,1H3/t12-,17-,18-/m0/s1. The van der Waals surface area contributed by atoms with Crippen molar-refractivity contribution in [2.24, 2.45) is 5.92 Å².